The van der Waals surface area contributed by atoms with E-state index in [1.54, 1.807) is 0 Å². The maximum Gasteiger partial charge on any atom is 0.152 e. The van der Waals surface area contributed by atoms with Crippen molar-refractivity contribution >= 4 is 17.2 Å². The molecule has 4 nitrogen and oxygen atoms in total. The molecule has 20 heavy (non-hydrogen) atoms. The van der Waals surface area contributed by atoms with Gasteiger partial charge in [-0.05, 0) is 44.4 Å². The minimum atomic E-state index is 0.267. The van der Waals surface area contributed by atoms with Gasteiger partial charge < -0.3 is 11.1 Å². The smallest absolute Gasteiger partial charge is 0.152 e. The SMILES string of the molecule is Cc1nn(C(C)C)c(Nc2ccc(C(C)C)cc2)c1N. The minimum absolute atomic E-state index is 0.267. The summed E-state index contributed by atoms with van der Waals surface area (Å²) in [7, 11) is 0. The molecule has 2 aromatic rings. The predicted octanol–water partition coefficient (Wildman–Crippen LogP) is 4.22. The molecule has 0 atom stereocenters. The molecule has 0 saturated heterocycles. The number of rotatable bonds is 4. The number of hydrogen-bond donors (Lipinski definition) is 2. The molecule has 0 radical (unpaired) electrons. The van der Waals surface area contributed by atoms with Gasteiger partial charge in [-0.1, -0.05) is 26.0 Å². The van der Waals surface area contributed by atoms with Crippen LogP contribution in [-0.2, 0) is 0 Å². The first-order chi connectivity index (χ1) is 9.40. The number of nitrogens with zero attached hydrogens (tertiary/aromatic N) is 2. The first-order valence-electron chi connectivity index (χ1n) is 7.11. The summed E-state index contributed by atoms with van der Waals surface area (Å²) in [5.74, 6) is 1.41. The summed E-state index contributed by atoms with van der Waals surface area (Å²) in [5.41, 5.74) is 10.1. The summed E-state index contributed by atoms with van der Waals surface area (Å²) >= 11 is 0. The Hall–Kier alpha value is -1.97. The van der Waals surface area contributed by atoms with Crippen molar-refractivity contribution in [2.24, 2.45) is 0 Å². The Bertz CT molecular complexity index is 579. The zero-order valence-electron chi connectivity index (χ0n) is 12.9. The summed E-state index contributed by atoms with van der Waals surface area (Å²) in [4.78, 5) is 0. The summed E-state index contributed by atoms with van der Waals surface area (Å²) in [6.07, 6.45) is 0. The second-order valence-electron chi connectivity index (χ2n) is 5.79. The van der Waals surface area contributed by atoms with Crippen LogP contribution in [0.3, 0.4) is 0 Å². The molecule has 0 aliphatic heterocycles. The highest BCUT2D eigenvalue weighted by Crippen LogP contribution is 2.29. The first-order valence-corrected chi connectivity index (χ1v) is 7.11. The third-order valence-corrected chi connectivity index (χ3v) is 3.46. The zero-order valence-corrected chi connectivity index (χ0v) is 12.9. The van der Waals surface area contributed by atoms with E-state index in [0.717, 1.165) is 17.2 Å². The lowest BCUT2D eigenvalue weighted by molar-refractivity contribution is 0.536. The fourth-order valence-electron chi connectivity index (χ4n) is 2.15. The molecule has 108 valence electrons. The molecule has 4 heteroatoms. The molecular formula is C16H24N4. The van der Waals surface area contributed by atoms with E-state index in [4.69, 9.17) is 5.73 Å². The monoisotopic (exact) mass is 272 g/mol. The number of hydrogen-bond acceptors (Lipinski definition) is 3. The lowest BCUT2D eigenvalue weighted by Crippen LogP contribution is -2.08. The van der Waals surface area contributed by atoms with Crippen LogP contribution in [0.1, 0.15) is 50.9 Å². The van der Waals surface area contributed by atoms with Crippen LogP contribution in [-0.4, -0.2) is 9.78 Å². The minimum Gasteiger partial charge on any atom is -0.394 e. The fraction of sp³-hybridized carbons (Fsp3) is 0.438. The molecule has 0 bridgehead atoms. The molecule has 0 fully saturated rings. The van der Waals surface area contributed by atoms with Crippen LogP contribution in [0.25, 0.3) is 0 Å². The van der Waals surface area contributed by atoms with E-state index in [9.17, 15) is 0 Å². The van der Waals surface area contributed by atoms with Crippen molar-refractivity contribution in [1.82, 2.24) is 9.78 Å². The maximum atomic E-state index is 6.12. The number of nitrogen functional groups attached to an aromatic ring is 1. The van der Waals surface area contributed by atoms with E-state index in [1.165, 1.54) is 5.56 Å². The van der Waals surface area contributed by atoms with Gasteiger partial charge in [-0.25, -0.2) is 4.68 Å². The van der Waals surface area contributed by atoms with Gasteiger partial charge in [-0.2, -0.15) is 5.10 Å². The van der Waals surface area contributed by atoms with Crippen LogP contribution in [0.15, 0.2) is 24.3 Å². The van der Waals surface area contributed by atoms with Gasteiger partial charge in [0.1, 0.15) is 0 Å². The Morgan fingerprint density at radius 2 is 1.70 bits per heavy atom. The molecular weight excluding hydrogens is 248 g/mol. The van der Waals surface area contributed by atoms with E-state index < -0.39 is 0 Å². The number of nitrogens with two attached hydrogens (primary N) is 1. The lowest BCUT2D eigenvalue weighted by atomic mass is 10.0. The van der Waals surface area contributed by atoms with Gasteiger partial charge in [-0.3, -0.25) is 0 Å². The molecule has 0 saturated carbocycles. The summed E-state index contributed by atoms with van der Waals surface area (Å²) in [5, 5.41) is 7.87. The Kier molecular flexibility index (Phi) is 4.02. The number of benzene rings is 1. The average Bonchev–Trinajstić information content (AvgIpc) is 2.68. The van der Waals surface area contributed by atoms with Gasteiger partial charge in [0.2, 0.25) is 0 Å². The second-order valence-corrected chi connectivity index (χ2v) is 5.79. The van der Waals surface area contributed by atoms with Crippen molar-refractivity contribution in [2.45, 2.75) is 46.6 Å². The van der Waals surface area contributed by atoms with Gasteiger partial charge in [0, 0.05) is 11.7 Å². The van der Waals surface area contributed by atoms with Crippen molar-refractivity contribution in [3.8, 4) is 0 Å². The Balaban J connectivity index is 2.30. The molecule has 3 N–H and O–H groups in total. The average molecular weight is 272 g/mol. The van der Waals surface area contributed by atoms with Gasteiger partial charge in [0.15, 0.2) is 5.82 Å². The van der Waals surface area contributed by atoms with Crippen molar-refractivity contribution in [2.75, 3.05) is 11.1 Å². The van der Waals surface area contributed by atoms with E-state index in [-0.39, 0.29) is 6.04 Å². The number of aromatic nitrogens is 2. The summed E-state index contributed by atoms with van der Waals surface area (Å²) < 4.78 is 1.93. The molecule has 0 spiro atoms. The molecule has 0 amide bonds. The predicted molar refractivity (Wildman–Crippen MR) is 85.6 cm³/mol. The van der Waals surface area contributed by atoms with Crippen LogP contribution in [0.5, 0.6) is 0 Å². The van der Waals surface area contributed by atoms with Crippen LogP contribution >= 0.6 is 0 Å². The van der Waals surface area contributed by atoms with E-state index >= 15 is 0 Å². The molecule has 1 heterocycles. The Morgan fingerprint density at radius 3 is 2.20 bits per heavy atom. The molecule has 0 unspecified atom stereocenters. The zero-order chi connectivity index (χ0) is 14.9. The van der Waals surface area contributed by atoms with E-state index in [1.807, 2.05) is 11.6 Å². The molecule has 0 aliphatic rings. The van der Waals surface area contributed by atoms with E-state index in [0.29, 0.717) is 11.6 Å². The number of nitrogens with one attached hydrogen (secondary N) is 1. The van der Waals surface area contributed by atoms with Crippen molar-refractivity contribution in [3.05, 3.63) is 35.5 Å². The highest BCUT2D eigenvalue weighted by molar-refractivity contribution is 5.71. The Labute approximate surface area is 121 Å². The van der Waals surface area contributed by atoms with Gasteiger partial charge >= 0.3 is 0 Å². The third kappa shape index (κ3) is 2.79. The van der Waals surface area contributed by atoms with Crippen LogP contribution < -0.4 is 11.1 Å². The van der Waals surface area contributed by atoms with Gasteiger partial charge in [0.25, 0.3) is 0 Å². The number of anilines is 3. The van der Waals surface area contributed by atoms with Crippen molar-refractivity contribution < 1.29 is 0 Å². The van der Waals surface area contributed by atoms with Crippen LogP contribution in [0.4, 0.5) is 17.2 Å². The molecule has 2 rings (SSSR count). The topological polar surface area (TPSA) is 55.9 Å². The second kappa shape index (κ2) is 5.57. The molecule has 0 aliphatic carbocycles. The molecule has 1 aromatic heterocycles. The van der Waals surface area contributed by atoms with Crippen LogP contribution in [0.2, 0.25) is 0 Å². The van der Waals surface area contributed by atoms with Gasteiger partial charge in [0.05, 0.1) is 11.4 Å². The highest BCUT2D eigenvalue weighted by Gasteiger charge is 2.14. The van der Waals surface area contributed by atoms with Gasteiger partial charge in [-0.15, -0.1) is 0 Å². The van der Waals surface area contributed by atoms with E-state index in [2.05, 4.69) is 62.4 Å². The summed E-state index contributed by atoms with van der Waals surface area (Å²) in [6, 6.07) is 8.73. The van der Waals surface area contributed by atoms with Crippen LogP contribution in [0, 0.1) is 6.92 Å². The fourth-order valence-corrected chi connectivity index (χ4v) is 2.15. The standard InChI is InChI=1S/C16H24N4/c1-10(2)13-6-8-14(9-7-13)18-16-15(17)12(5)19-20(16)11(3)4/h6-11,18H,17H2,1-5H3. The van der Waals surface area contributed by atoms with Crippen molar-refractivity contribution in [1.29, 1.82) is 0 Å². The largest absolute Gasteiger partial charge is 0.394 e. The first kappa shape index (κ1) is 14.4. The quantitative estimate of drug-likeness (QED) is 0.876. The van der Waals surface area contributed by atoms with Crippen molar-refractivity contribution in [3.63, 3.8) is 0 Å². The maximum absolute atomic E-state index is 6.12. The number of aryl methyl sites for hydroxylation is 1. The third-order valence-electron chi connectivity index (χ3n) is 3.46. The summed E-state index contributed by atoms with van der Waals surface area (Å²) in [6.45, 7) is 10.5. The normalized spacial score (nSPS) is 11.3. The molecule has 1 aromatic carbocycles. The lowest BCUT2D eigenvalue weighted by Gasteiger charge is -2.14. The Morgan fingerprint density at radius 1 is 1.10 bits per heavy atom. The highest BCUT2D eigenvalue weighted by atomic mass is 15.4.